The molecule has 0 unspecified atom stereocenters. The smallest absolute Gasteiger partial charge is 0.222 e. The van der Waals surface area contributed by atoms with E-state index in [0.717, 1.165) is 32.6 Å². The highest BCUT2D eigenvalue weighted by atomic mass is 16.2. The van der Waals surface area contributed by atoms with Gasteiger partial charge in [-0.1, -0.05) is 13.8 Å². The van der Waals surface area contributed by atoms with Crippen molar-refractivity contribution in [2.75, 3.05) is 33.2 Å². The maximum Gasteiger partial charge on any atom is 0.222 e. The lowest BCUT2D eigenvalue weighted by Gasteiger charge is -2.39. The molecule has 0 radical (unpaired) electrons. The molecule has 0 bridgehead atoms. The van der Waals surface area contributed by atoms with Crippen LogP contribution in [0.1, 0.15) is 46.0 Å². The number of carbonyl (C=O) groups is 1. The maximum atomic E-state index is 12.3. The number of amides is 1. The van der Waals surface area contributed by atoms with Crippen molar-refractivity contribution in [1.29, 1.82) is 0 Å². The van der Waals surface area contributed by atoms with Gasteiger partial charge in [0.1, 0.15) is 0 Å². The zero-order valence-electron chi connectivity index (χ0n) is 12.2. The summed E-state index contributed by atoms with van der Waals surface area (Å²) in [6.07, 6.45) is 5.60. The summed E-state index contributed by atoms with van der Waals surface area (Å²) in [5, 5.41) is 0. The number of rotatable bonds is 2. The van der Waals surface area contributed by atoms with E-state index in [4.69, 9.17) is 0 Å². The molecular weight excluding hydrogens is 224 g/mol. The summed E-state index contributed by atoms with van der Waals surface area (Å²) in [6.45, 7) is 8.81. The molecule has 0 atom stereocenters. The van der Waals surface area contributed by atoms with Gasteiger partial charge in [-0.25, -0.2) is 0 Å². The normalized spacial score (nSPS) is 26.3. The first-order chi connectivity index (χ1) is 8.46. The maximum absolute atomic E-state index is 12.3. The standard InChI is InChI=1S/C15H28N2O/c1-15(2)7-4-8-17(12-15)14(18)11-13-5-9-16(3)10-6-13/h13H,4-12H2,1-3H3. The first-order valence-corrected chi connectivity index (χ1v) is 7.43. The molecule has 3 nitrogen and oxygen atoms in total. The van der Waals surface area contributed by atoms with Gasteiger partial charge in [-0.3, -0.25) is 4.79 Å². The molecule has 0 N–H and O–H groups in total. The Morgan fingerprint density at radius 2 is 1.89 bits per heavy atom. The van der Waals surface area contributed by atoms with Gasteiger partial charge in [-0.15, -0.1) is 0 Å². The van der Waals surface area contributed by atoms with E-state index < -0.39 is 0 Å². The van der Waals surface area contributed by atoms with Crippen LogP contribution in [0.3, 0.4) is 0 Å². The highest BCUT2D eigenvalue weighted by Gasteiger charge is 2.30. The SMILES string of the molecule is CN1CCC(CC(=O)N2CCCC(C)(C)C2)CC1. The van der Waals surface area contributed by atoms with Crippen LogP contribution in [0.5, 0.6) is 0 Å². The molecule has 0 spiro atoms. The molecule has 2 aliphatic rings. The van der Waals surface area contributed by atoms with E-state index in [1.165, 1.54) is 25.7 Å². The number of piperidine rings is 2. The number of carbonyl (C=O) groups excluding carboxylic acids is 1. The molecule has 2 fully saturated rings. The van der Waals surface area contributed by atoms with Crippen LogP contribution < -0.4 is 0 Å². The zero-order chi connectivity index (χ0) is 13.2. The molecular formula is C15H28N2O. The third-order valence-electron chi connectivity index (χ3n) is 4.55. The monoisotopic (exact) mass is 252 g/mol. The van der Waals surface area contributed by atoms with Gasteiger partial charge < -0.3 is 9.80 Å². The Bertz CT molecular complexity index is 293. The fourth-order valence-electron chi connectivity index (χ4n) is 3.28. The molecule has 2 rings (SSSR count). The minimum atomic E-state index is 0.320. The van der Waals surface area contributed by atoms with E-state index in [0.29, 0.717) is 17.2 Å². The van der Waals surface area contributed by atoms with E-state index in [1.807, 2.05) is 0 Å². The van der Waals surface area contributed by atoms with Crippen molar-refractivity contribution in [3.05, 3.63) is 0 Å². The molecule has 2 heterocycles. The second kappa shape index (κ2) is 5.60. The number of nitrogens with zero attached hydrogens (tertiary/aromatic N) is 2. The summed E-state index contributed by atoms with van der Waals surface area (Å²) in [7, 11) is 2.17. The van der Waals surface area contributed by atoms with E-state index >= 15 is 0 Å². The van der Waals surface area contributed by atoms with Crippen LogP contribution >= 0.6 is 0 Å². The lowest BCUT2D eigenvalue weighted by atomic mass is 9.83. The second-order valence-electron chi connectivity index (χ2n) is 7.03. The lowest BCUT2D eigenvalue weighted by Crippen LogP contribution is -2.44. The van der Waals surface area contributed by atoms with Crippen molar-refractivity contribution in [3.8, 4) is 0 Å². The minimum absolute atomic E-state index is 0.320. The average Bonchev–Trinajstić information content (AvgIpc) is 2.31. The van der Waals surface area contributed by atoms with Crippen LogP contribution in [0, 0.1) is 11.3 Å². The van der Waals surface area contributed by atoms with Crippen LogP contribution in [-0.4, -0.2) is 48.9 Å². The third kappa shape index (κ3) is 3.71. The first kappa shape index (κ1) is 13.9. The Labute approximate surface area is 112 Å². The molecule has 0 saturated carbocycles. The van der Waals surface area contributed by atoms with Crippen molar-refractivity contribution in [3.63, 3.8) is 0 Å². The Morgan fingerprint density at radius 1 is 1.22 bits per heavy atom. The van der Waals surface area contributed by atoms with Crippen LogP contribution in [0.2, 0.25) is 0 Å². The molecule has 104 valence electrons. The molecule has 0 aromatic heterocycles. The van der Waals surface area contributed by atoms with Gasteiger partial charge in [0, 0.05) is 19.5 Å². The predicted molar refractivity (Wildman–Crippen MR) is 74.4 cm³/mol. The van der Waals surface area contributed by atoms with Gasteiger partial charge in [-0.05, 0) is 57.2 Å². The van der Waals surface area contributed by atoms with Gasteiger partial charge >= 0.3 is 0 Å². The van der Waals surface area contributed by atoms with Crippen LogP contribution in [0.25, 0.3) is 0 Å². The summed E-state index contributed by atoms with van der Waals surface area (Å²) in [5.41, 5.74) is 0.320. The lowest BCUT2D eigenvalue weighted by molar-refractivity contribution is -0.135. The summed E-state index contributed by atoms with van der Waals surface area (Å²) in [4.78, 5) is 16.8. The minimum Gasteiger partial charge on any atom is -0.342 e. The predicted octanol–water partition coefficient (Wildman–Crippen LogP) is 2.37. The van der Waals surface area contributed by atoms with Crippen LogP contribution in [0.15, 0.2) is 0 Å². The van der Waals surface area contributed by atoms with Crippen molar-refractivity contribution >= 4 is 5.91 Å². The van der Waals surface area contributed by atoms with Gasteiger partial charge in [-0.2, -0.15) is 0 Å². The zero-order valence-corrected chi connectivity index (χ0v) is 12.2. The van der Waals surface area contributed by atoms with Crippen molar-refractivity contribution in [2.24, 2.45) is 11.3 Å². The largest absolute Gasteiger partial charge is 0.342 e. The Morgan fingerprint density at radius 3 is 2.50 bits per heavy atom. The molecule has 1 amide bonds. The topological polar surface area (TPSA) is 23.6 Å². The van der Waals surface area contributed by atoms with Gasteiger partial charge in [0.2, 0.25) is 5.91 Å². The number of hydrogen-bond acceptors (Lipinski definition) is 2. The molecule has 0 aromatic rings. The highest BCUT2D eigenvalue weighted by molar-refractivity contribution is 5.76. The highest BCUT2D eigenvalue weighted by Crippen LogP contribution is 2.29. The average molecular weight is 252 g/mol. The third-order valence-corrected chi connectivity index (χ3v) is 4.55. The number of hydrogen-bond donors (Lipinski definition) is 0. The molecule has 2 aliphatic heterocycles. The summed E-state index contributed by atoms with van der Waals surface area (Å²) >= 11 is 0. The molecule has 3 heteroatoms. The fourth-order valence-corrected chi connectivity index (χ4v) is 3.28. The van der Waals surface area contributed by atoms with Gasteiger partial charge in [0.15, 0.2) is 0 Å². The molecule has 2 saturated heterocycles. The quantitative estimate of drug-likeness (QED) is 0.753. The van der Waals surface area contributed by atoms with E-state index in [1.54, 1.807) is 0 Å². The molecule has 18 heavy (non-hydrogen) atoms. The van der Waals surface area contributed by atoms with Crippen LogP contribution in [0.4, 0.5) is 0 Å². The summed E-state index contributed by atoms with van der Waals surface area (Å²) < 4.78 is 0. The van der Waals surface area contributed by atoms with Gasteiger partial charge in [0.05, 0.1) is 0 Å². The molecule has 0 aromatic carbocycles. The van der Waals surface area contributed by atoms with E-state index in [9.17, 15) is 4.79 Å². The Kier molecular flexibility index (Phi) is 4.31. The van der Waals surface area contributed by atoms with Gasteiger partial charge in [0.25, 0.3) is 0 Å². The number of likely N-dealkylation sites (tertiary alicyclic amines) is 2. The Balaban J connectivity index is 1.80. The summed E-state index contributed by atoms with van der Waals surface area (Å²) in [6, 6.07) is 0. The second-order valence-corrected chi connectivity index (χ2v) is 7.03. The fraction of sp³-hybridized carbons (Fsp3) is 0.933. The van der Waals surface area contributed by atoms with Crippen molar-refractivity contribution < 1.29 is 4.79 Å². The first-order valence-electron chi connectivity index (χ1n) is 7.43. The summed E-state index contributed by atoms with van der Waals surface area (Å²) in [5.74, 6) is 1.02. The van der Waals surface area contributed by atoms with E-state index in [2.05, 4.69) is 30.7 Å². The van der Waals surface area contributed by atoms with Crippen LogP contribution in [-0.2, 0) is 4.79 Å². The molecule has 0 aliphatic carbocycles. The van der Waals surface area contributed by atoms with Crippen molar-refractivity contribution in [2.45, 2.75) is 46.0 Å². The van der Waals surface area contributed by atoms with E-state index in [-0.39, 0.29) is 0 Å². The Hall–Kier alpha value is -0.570. The van der Waals surface area contributed by atoms with Crippen molar-refractivity contribution in [1.82, 2.24) is 9.80 Å².